The topological polar surface area (TPSA) is 104 Å². The number of imidazole rings is 1. The molecule has 0 aliphatic carbocycles. The summed E-state index contributed by atoms with van der Waals surface area (Å²) in [5.74, 6) is 0.982. The summed E-state index contributed by atoms with van der Waals surface area (Å²) in [7, 11) is 0. The fourth-order valence-corrected chi connectivity index (χ4v) is 4.78. The molecule has 0 spiro atoms. The number of ether oxygens (including phenoxy) is 1. The second-order valence-electron chi connectivity index (χ2n) is 9.90. The van der Waals surface area contributed by atoms with E-state index in [9.17, 15) is 9.90 Å². The van der Waals surface area contributed by atoms with Crippen molar-refractivity contribution < 1.29 is 14.6 Å². The number of aromatic nitrogens is 3. The normalized spacial score (nSPS) is 14.6. The van der Waals surface area contributed by atoms with Crippen molar-refractivity contribution in [3.05, 3.63) is 72.7 Å². The van der Waals surface area contributed by atoms with E-state index in [-0.39, 0.29) is 18.6 Å². The van der Waals surface area contributed by atoms with Crippen molar-refractivity contribution in [2.24, 2.45) is 5.92 Å². The average Bonchev–Trinajstić information content (AvgIpc) is 3.35. The van der Waals surface area contributed by atoms with Crippen LogP contribution in [0.5, 0.6) is 0 Å². The molecule has 1 aromatic carbocycles. The number of nitrogens with one attached hydrogen (secondary N) is 2. The van der Waals surface area contributed by atoms with Crippen LogP contribution in [0.15, 0.2) is 67.0 Å². The van der Waals surface area contributed by atoms with Crippen molar-refractivity contribution in [2.75, 3.05) is 43.1 Å². The van der Waals surface area contributed by atoms with E-state index in [0.717, 1.165) is 35.8 Å². The molecule has 1 aliphatic rings. The molecule has 4 heterocycles. The molecule has 1 amide bonds. The Kier molecular flexibility index (Phi) is 7.86. The predicted octanol–water partition coefficient (Wildman–Crippen LogP) is 4.11. The summed E-state index contributed by atoms with van der Waals surface area (Å²) in [6, 6.07) is 17.1. The maximum absolute atomic E-state index is 13.6. The number of amides is 1. The van der Waals surface area contributed by atoms with Crippen LogP contribution in [0.25, 0.3) is 16.9 Å². The van der Waals surface area contributed by atoms with Gasteiger partial charge in [0.25, 0.3) is 5.91 Å². The minimum atomic E-state index is -0.339. The van der Waals surface area contributed by atoms with Crippen LogP contribution in [-0.4, -0.2) is 64.3 Å². The quantitative estimate of drug-likeness (QED) is 0.309. The van der Waals surface area contributed by atoms with Crippen molar-refractivity contribution in [1.29, 1.82) is 0 Å². The number of rotatable bonds is 9. The molecule has 4 aromatic rings. The summed E-state index contributed by atoms with van der Waals surface area (Å²) in [5.41, 5.74) is 4.05. The van der Waals surface area contributed by atoms with Crippen molar-refractivity contribution in [2.45, 2.75) is 26.3 Å². The largest absolute Gasteiger partial charge is 0.394 e. The Morgan fingerprint density at radius 3 is 2.55 bits per heavy atom. The summed E-state index contributed by atoms with van der Waals surface area (Å²) in [4.78, 5) is 25.4. The van der Waals surface area contributed by atoms with Gasteiger partial charge in [0.2, 0.25) is 0 Å². The molecule has 5 rings (SSSR count). The highest BCUT2D eigenvalue weighted by atomic mass is 16.5. The number of carbonyl (C=O) groups excluding carboxylic acids is 1. The van der Waals surface area contributed by atoms with Gasteiger partial charge in [0.15, 0.2) is 5.65 Å². The number of carbonyl (C=O) groups is 1. The summed E-state index contributed by atoms with van der Waals surface area (Å²) < 4.78 is 7.24. The molecule has 3 aromatic heterocycles. The number of nitrogens with zero attached hydrogens (tertiary/aromatic N) is 4. The molecule has 0 radical (unpaired) electrons. The Morgan fingerprint density at radius 2 is 1.87 bits per heavy atom. The molecule has 1 atom stereocenters. The number of anilines is 3. The van der Waals surface area contributed by atoms with Crippen LogP contribution in [0.4, 0.5) is 17.2 Å². The van der Waals surface area contributed by atoms with Crippen molar-refractivity contribution in [3.8, 4) is 11.3 Å². The summed E-state index contributed by atoms with van der Waals surface area (Å²) >= 11 is 0. The second kappa shape index (κ2) is 11.6. The Labute approximate surface area is 222 Å². The highest BCUT2D eigenvalue weighted by Crippen LogP contribution is 2.30. The summed E-state index contributed by atoms with van der Waals surface area (Å²) in [5, 5.41) is 16.3. The Morgan fingerprint density at radius 1 is 1.08 bits per heavy atom. The number of hydrogen-bond donors (Lipinski definition) is 3. The van der Waals surface area contributed by atoms with E-state index in [1.54, 1.807) is 10.6 Å². The number of morpholine rings is 1. The van der Waals surface area contributed by atoms with Gasteiger partial charge < -0.3 is 25.4 Å². The van der Waals surface area contributed by atoms with E-state index in [1.165, 1.54) is 0 Å². The van der Waals surface area contributed by atoms with Gasteiger partial charge in [-0.15, -0.1) is 0 Å². The highest BCUT2D eigenvalue weighted by molar-refractivity contribution is 6.00. The van der Waals surface area contributed by atoms with Crippen molar-refractivity contribution >= 4 is 28.7 Å². The van der Waals surface area contributed by atoms with E-state index in [2.05, 4.69) is 34.4 Å². The predicted molar refractivity (Wildman–Crippen MR) is 149 cm³/mol. The SMILES string of the molecule is CC(C)C[C@@H](CO)NC(=O)c1c(-c2ccccc2)nc2c(Nc3ccc(N4CCOCC4)nc3)cccn12. The molecule has 3 N–H and O–H groups in total. The number of aliphatic hydroxyl groups excluding tert-OH is 1. The highest BCUT2D eigenvalue weighted by Gasteiger charge is 2.24. The molecule has 9 heteroatoms. The Balaban J connectivity index is 1.49. The molecular formula is C29H34N6O3. The second-order valence-corrected chi connectivity index (χ2v) is 9.90. The van der Waals surface area contributed by atoms with Gasteiger partial charge >= 0.3 is 0 Å². The first-order chi connectivity index (χ1) is 18.5. The minimum absolute atomic E-state index is 0.123. The minimum Gasteiger partial charge on any atom is -0.394 e. The standard InChI is InChI=1S/C29H34N6O3/c1-20(2)17-23(19-36)32-29(37)27-26(21-7-4-3-5-8-21)33-28-24(9-6-12-35(27)28)31-22-10-11-25(30-18-22)34-13-15-38-16-14-34/h3-12,18,20,23,31,36H,13-17,19H2,1-2H3,(H,32,37)/t23-/m0/s1. The lowest BCUT2D eigenvalue weighted by atomic mass is 10.0. The molecule has 0 saturated carbocycles. The number of hydrogen-bond acceptors (Lipinski definition) is 7. The summed E-state index contributed by atoms with van der Waals surface area (Å²) in [6.45, 7) is 7.08. The van der Waals surface area contributed by atoms with Crippen LogP contribution in [-0.2, 0) is 4.74 Å². The lowest BCUT2D eigenvalue weighted by molar-refractivity contribution is 0.0903. The van der Waals surface area contributed by atoms with Gasteiger partial charge in [-0.3, -0.25) is 9.20 Å². The zero-order chi connectivity index (χ0) is 26.5. The molecule has 0 bridgehead atoms. The molecule has 38 heavy (non-hydrogen) atoms. The van der Waals surface area contributed by atoms with Crippen LogP contribution in [0.2, 0.25) is 0 Å². The van der Waals surface area contributed by atoms with E-state index in [1.807, 2.05) is 60.8 Å². The van der Waals surface area contributed by atoms with Gasteiger partial charge in [0.1, 0.15) is 17.2 Å². The Hall–Kier alpha value is -3.95. The zero-order valence-electron chi connectivity index (χ0n) is 21.8. The first-order valence-corrected chi connectivity index (χ1v) is 13.1. The zero-order valence-corrected chi connectivity index (χ0v) is 21.8. The molecule has 1 aliphatic heterocycles. The molecule has 198 valence electrons. The van der Waals surface area contributed by atoms with Crippen LogP contribution in [0.1, 0.15) is 30.8 Å². The van der Waals surface area contributed by atoms with Gasteiger partial charge in [-0.2, -0.15) is 0 Å². The first kappa shape index (κ1) is 25.7. The lowest BCUT2D eigenvalue weighted by Gasteiger charge is -2.27. The molecule has 1 saturated heterocycles. The van der Waals surface area contributed by atoms with Crippen molar-refractivity contribution in [3.63, 3.8) is 0 Å². The van der Waals surface area contributed by atoms with Crippen LogP contribution >= 0.6 is 0 Å². The maximum Gasteiger partial charge on any atom is 0.270 e. The lowest BCUT2D eigenvalue weighted by Crippen LogP contribution is -2.39. The van der Waals surface area contributed by atoms with Gasteiger partial charge in [-0.1, -0.05) is 44.2 Å². The van der Waals surface area contributed by atoms with Gasteiger partial charge in [-0.05, 0) is 36.6 Å². The fraction of sp³-hybridized carbons (Fsp3) is 0.345. The smallest absolute Gasteiger partial charge is 0.270 e. The molecule has 0 unspecified atom stereocenters. The average molecular weight is 515 g/mol. The van der Waals surface area contributed by atoms with Gasteiger partial charge in [0.05, 0.1) is 43.4 Å². The number of pyridine rings is 2. The molecule has 1 fully saturated rings. The van der Waals surface area contributed by atoms with E-state index in [4.69, 9.17) is 9.72 Å². The van der Waals surface area contributed by atoms with E-state index in [0.29, 0.717) is 42.6 Å². The van der Waals surface area contributed by atoms with Crippen LogP contribution < -0.4 is 15.5 Å². The van der Waals surface area contributed by atoms with Crippen LogP contribution in [0.3, 0.4) is 0 Å². The number of benzene rings is 1. The third-order valence-electron chi connectivity index (χ3n) is 6.59. The first-order valence-electron chi connectivity index (χ1n) is 13.1. The third-order valence-corrected chi connectivity index (χ3v) is 6.59. The van der Waals surface area contributed by atoms with Crippen LogP contribution in [0, 0.1) is 5.92 Å². The monoisotopic (exact) mass is 514 g/mol. The van der Waals surface area contributed by atoms with Gasteiger partial charge in [0, 0.05) is 24.8 Å². The Bertz CT molecular complexity index is 1360. The van der Waals surface area contributed by atoms with E-state index < -0.39 is 0 Å². The van der Waals surface area contributed by atoms with E-state index >= 15 is 0 Å². The van der Waals surface area contributed by atoms with Crippen molar-refractivity contribution in [1.82, 2.24) is 19.7 Å². The number of fused-ring (bicyclic) bond motifs is 1. The maximum atomic E-state index is 13.6. The number of aliphatic hydroxyl groups is 1. The van der Waals surface area contributed by atoms with Gasteiger partial charge in [-0.25, -0.2) is 9.97 Å². The third kappa shape index (κ3) is 5.64. The summed E-state index contributed by atoms with van der Waals surface area (Å²) in [6.07, 6.45) is 4.33. The molecular weight excluding hydrogens is 480 g/mol. The fourth-order valence-electron chi connectivity index (χ4n) is 4.78. The molecule has 9 nitrogen and oxygen atoms in total.